The summed E-state index contributed by atoms with van der Waals surface area (Å²) in [5.41, 5.74) is 1.72. The quantitative estimate of drug-likeness (QED) is 0.752. The van der Waals surface area contributed by atoms with E-state index >= 15 is 0 Å². The van der Waals surface area contributed by atoms with Gasteiger partial charge >= 0.3 is 0 Å². The highest BCUT2D eigenvalue weighted by molar-refractivity contribution is 7.08. The lowest BCUT2D eigenvalue weighted by Gasteiger charge is -2.04. The molecule has 0 aliphatic heterocycles. The molecule has 22 heavy (non-hydrogen) atoms. The summed E-state index contributed by atoms with van der Waals surface area (Å²) in [5.74, 6) is -0.382. The SMILES string of the molecule is O=C(NCCn1ccc(-c2ccsc2)n1)c1ccc[nH]c1=O. The topological polar surface area (TPSA) is 79.8 Å². The van der Waals surface area contributed by atoms with Crippen LogP contribution in [0.15, 0.2) is 52.2 Å². The van der Waals surface area contributed by atoms with Crippen molar-refractivity contribution in [3.8, 4) is 11.3 Å². The second kappa shape index (κ2) is 6.40. The van der Waals surface area contributed by atoms with E-state index in [1.165, 1.54) is 12.3 Å². The number of amides is 1. The van der Waals surface area contributed by atoms with Crippen molar-refractivity contribution >= 4 is 17.2 Å². The van der Waals surface area contributed by atoms with Gasteiger partial charge in [0.1, 0.15) is 5.56 Å². The molecule has 1 amide bonds. The third-order valence-electron chi connectivity index (χ3n) is 3.15. The van der Waals surface area contributed by atoms with Gasteiger partial charge in [0.15, 0.2) is 0 Å². The molecule has 0 bridgehead atoms. The lowest BCUT2D eigenvalue weighted by atomic mass is 10.2. The van der Waals surface area contributed by atoms with Crippen molar-refractivity contribution in [3.63, 3.8) is 0 Å². The third-order valence-corrected chi connectivity index (χ3v) is 3.83. The number of H-pyrrole nitrogens is 1. The molecule has 0 aliphatic rings. The van der Waals surface area contributed by atoms with Gasteiger partial charge in [-0.05, 0) is 29.6 Å². The van der Waals surface area contributed by atoms with Crippen molar-refractivity contribution in [3.05, 3.63) is 63.3 Å². The largest absolute Gasteiger partial charge is 0.350 e. The van der Waals surface area contributed by atoms with Crippen LogP contribution in [-0.4, -0.2) is 27.2 Å². The van der Waals surface area contributed by atoms with Gasteiger partial charge in [-0.25, -0.2) is 0 Å². The molecular formula is C15H14N4O2S. The number of carbonyl (C=O) groups is 1. The number of aromatic nitrogens is 3. The standard InChI is InChI=1S/C15H14N4O2S/c20-14-12(2-1-5-16-14)15(21)17-6-8-19-7-3-13(18-19)11-4-9-22-10-11/h1-5,7,9-10H,6,8H2,(H,16,20)(H,17,21). The minimum atomic E-state index is -0.390. The number of thiophene rings is 1. The Hall–Kier alpha value is -2.67. The van der Waals surface area contributed by atoms with E-state index in [-0.39, 0.29) is 17.0 Å². The third kappa shape index (κ3) is 3.15. The van der Waals surface area contributed by atoms with Gasteiger partial charge in [-0.3, -0.25) is 14.3 Å². The summed E-state index contributed by atoms with van der Waals surface area (Å²) in [6.07, 6.45) is 3.36. The van der Waals surface area contributed by atoms with Crippen LogP contribution in [0.2, 0.25) is 0 Å². The average molecular weight is 314 g/mol. The summed E-state index contributed by atoms with van der Waals surface area (Å²) >= 11 is 1.63. The van der Waals surface area contributed by atoms with Crippen molar-refractivity contribution in [1.82, 2.24) is 20.1 Å². The zero-order valence-electron chi connectivity index (χ0n) is 11.7. The minimum Gasteiger partial charge on any atom is -0.350 e. The zero-order chi connectivity index (χ0) is 15.4. The number of hydrogen-bond donors (Lipinski definition) is 2. The van der Waals surface area contributed by atoms with Crippen molar-refractivity contribution in [1.29, 1.82) is 0 Å². The first-order chi connectivity index (χ1) is 10.7. The van der Waals surface area contributed by atoms with Crippen LogP contribution in [0.1, 0.15) is 10.4 Å². The average Bonchev–Trinajstić information content (AvgIpc) is 3.18. The van der Waals surface area contributed by atoms with Crippen LogP contribution >= 0.6 is 11.3 Å². The van der Waals surface area contributed by atoms with Crippen molar-refractivity contribution in [2.24, 2.45) is 0 Å². The number of rotatable bonds is 5. The molecule has 7 heteroatoms. The van der Waals surface area contributed by atoms with Gasteiger partial charge in [0, 0.05) is 29.9 Å². The van der Waals surface area contributed by atoms with Crippen LogP contribution in [0, 0.1) is 0 Å². The van der Waals surface area contributed by atoms with Crippen LogP contribution < -0.4 is 10.9 Å². The van der Waals surface area contributed by atoms with Gasteiger partial charge < -0.3 is 10.3 Å². The van der Waals surface area contributed by atoms with Crippen molar-refractivity contribution < 1.29 is 4.79 Å². The van der Waals surface area contributed by atoms with Crippen LogP contribution in [0.4, 0.5) is 0 Å². The van der Waals surface area contributed by atoms with E-state index in [1.807, 2.05) is 29.1 Å². The molecule has 0 unspecified atom stereocenters. The van der Waals surface area contributed by atoms with Gasteiger partial charge in [-0.15, -0.1) is 0 Å². The predicted molar refractivity (Wildman–Crippen MR) is 84.9 cm³/mol. The lowest BCUT2D eigenvalue weighted by molar-refractivity contribution is 0.0950. The van der Waals surface area contributed by atoms with E-state index in [9.17, 15) is 9.59 Å². The molecule has 0 spiro atoms. The molecule has 112 valence electrons. The molecule has 3 aromatic rings. The Kier molecular flexibility index (Phi) is 4.15. The molecule has 0 saturated heterocycles. The number of aromatic amines is 1. The number of nitrogens with zero attached hydrogens (tertiary/aromatic N) is 2. The lowest BCUT2D eigenvalue weighted by Crippen LogP contribution is -2.31. The first-order valence-electron chi connectivity index (χ1n) is 6.76. The molecular weight excluding hydrogens is 300 g/mol. The Balaban J connectivity index is 1.56. The second-order valence-corrected chi connectivity index (χ2v) is 5.42. The number of pyridine rings is 1. The molecule has 3 heterocycles. The van der Waals surface area contributed by atoms with Gasteiger partial charge in [-0.1, -0.05) is 0 Å². The molecule has 0 radical (unpaired) electrons. The predicted octanol–water partition coefficient (Wildman–Crippen LogP) is 1.73. The van der Waals surface area contributed by atoms with E-state index in [1.54, 1.807) is 22.1 Å². The Bertz CT molecular complexity index is 820. The fraction of sp³-hybridized carbons (Fsp3) is 0.133. The summed E-state index contributed by atoms with van der Waals surface area (Å²) in [5, 5.41) is 11.2. The van der Waals surface area contributed by atoms with E-state index in [2.05, 4.69) is 15.4 Å². The maximum absolute atomic E-state index is 11.9. The van der Waals surface area contributed by atoms with Crippen LogP contribution in [0.3, 0.4) is 0 Å². The highest BCUT2D eigenvalue weighted by Gasteiger charge is 2.09. The second-order valence-electron chi connectivity index (χ2n) is 4.64. The first-order valence-corrected chi connectivity index (χ1v) is 7.70. The monoisotopic (exact) mass is 314 g/mol. The Morgan fingerprint density at radius 2 is 2.27 bits per heavy atom. The number of hydrogen-bond acceptors (Lipinski definition) is 4. The van der Waals surface area contributed by atoms with Gasteiger partial charge in [0.05, 0.1) is 12.2 Å². The Morgan fingerprint density at radius 3 is 3.05 bits per heavy atom. The molecule has 0 aromatic carbocycles. The molecule has 0 aliphatic carbocycles. The maximum atomic E-state index is 11.9. The molecule has 3 rings (SSSR count). The minimum absolute atomic E-state index is 0.113. The molecule has 0 fully saturated rings. The highest BCUT2D eigenvalue weighted by atomic mass is 32.1. The van der Waals surface area contributed by atoms with Crippen LogP contribution in [-0.2, 0) is 6.54 Å². The normalized spacial score (nSPS) is 10.5. The summed E-state index contributed by atoms with van der Waals surface area (Å²) in [6.45, 7) is 0.943. The van der Waals surface area contributed by atoms with Gasteiger partial charge in [0.2, 0.25) is 0 Å². The van der Waals surface area contributed by atoms with E-state index in [0.717, 1.165) is 11.3 Å². The summed E-state index contributed by atoms with van der Waals surface area (Å²) in [6, 6.07) is 7.07. The molecule has 6 nitrogen and oxygen atoms in total. The number of carbonyl (C=O) groups excluding carboxylic acids is 1. The summed E-state index contributed by atoms with van der Waals surface area (Å²) in [7, 11) is 0. The number of nitrogens with one attached hydrogen (secondary N) is 2. The van der Waals surface area contributed by atoms with E-state index in [0.29, 0.717) is 13.1 Å². The molecule has 0 saturated carbocycles. The first kappa shape index (κ1) is 14.3. The molecule has 3 aromatic heterocycles. The molecule has 0 atom stereocenters. The zero-order valence-corrected chi connectivity index (χ0v) is 12.5. The van der Waals surface area contributed by atoms with Crippen molar-refractivity contribution in [2.75, 3.05) is 6.54 Å². The highest BCUT2D eigenvalue weighted by Crippen LogP contribution is 2.19. The maximum Gasteiger partial charge on any atom is 0.260 e. The van der Waals surface area contributed by atoms with Gasteiger partial charge in [-0.2, -0.15) is 16.4 Å². The fourth-order valence-corrected chi connectivity index (χ4v) is 2.68. The van der Waals surface area contributed by atoms with Gasteiger partial charge in [0.25, 0.3) is 11.5 Å². The molecule has 2 N–H and O–H groups in total. The summed E-state index contributed by atoms with van der Waals surface area (Å²) in [4.78, 5) is 25.9. The van der Waals surface area contributed by atoms with E-state index in [4.69, 9.17) is 0 Å². The Labute approximate surface area is 130 Å². The van der Waals surface area contributed by atoms with Crippen LogP contribution in [0.5, 0.6) is 0 Å². The fourth-order valence-electron chi connectivity index (χ4n) is 2.03. The van der Waals surface area contributed by atoms with Crippen molar-refractivity contribution in [2.45, 2.75) is 6.54 Å². The Morgan fingerprint density at radius 1 is 1.36 bits per heavy atom. The summed E-state index contributed by atoms with van der Waals surface area (Å²) < 4.78 is 1.77. The van der Waals surface area contributed by atoms with Crippen LogP contribution in [0.25, 0.3) is 11.3 Å². The smallest absolute Gasteiger partial charge is 0.260 e. The van der Waals surface area contributed by atoms with E-state index < -0.39 is 0 Å².